The number of H-pyrrole nitrogens is 1. The quantitative estimate of drug-likeness (QED) is 0.0317. The van der Waals surface area contributed by atoms with E-state index in [9.17, 15) is 53.0 Å². The number of amides is 12. The maximum atomic E-state index is 15.5. The van der Waals surface area contributed by atoms with E-state index in [1.165, 1.54) is 71.9 Å². The highest BCUT2D eigenvalue weighted by Gasteiger charge is 2.43. The summed E-state index contributed by atoms with van der Waals surface area (Å²) in [7, 11) is 6.32. The Bertz CT molecular complexity index is 5190. The van der Waals surface area contributed by atoms with Gasteiger partial charge in [-0.25, -0.2) is 13.2 Å². The van der Waals surface area contributed by atoms with Gasteiger partial charge in [-0.1, -0.05) is 145 Å². The second-order valence-corrected chi connectivity index (χ2v) is 35.0. The first-order valence-corrected chi connectivity index (χ1v) is 44.5. The highest BCUT2D eigenvalue weighted by Crippen LogP contribution is 2.29. The Labute approximate surface area is 762 Å². The molecule has 7 aromatic rings. The average Bonchev–Trinajstić information content (AvgIpc) is 1.38. The number of pyridine rings is 1. The minimum Gasteiger partial charge on any atom is -0.508 e. The Kier molecular flexibility index (Phi) is 39.1. The number of phenols is 1. The molecular formula is C95H117F3N14O18S. The number of carboxylic acids is 1. The van der Waals surface area contributed by atoms with Crippen LogP contribution in [0.1, 0.15) is 126 Å². The topological polar surface area (TPSA) is 457 Å². The number of likely N-dealkylation sites (N-methyl/N-ethyl adjacent to an activating group) is 5. The molecular weight excluding hydrogens is 1710 g/mol. The normalized spacial score (nSPS) is 21.9. The van der Waals surface area contributed by atoms with E-state index >= 15 is 47.1 Å². The molecule has 8 rings (SSSR count). The number of nitrogens with zero attached hydrogens (tertiary/aromatic N) is 6. The molecule has 131 heavy (non-hydrogen) atoms. The molecule has 11 N–H and O–H groups in total. The minimum atomic E-state index is -1.85. The predicted molar refractivity (Wildman–Crippen MR) is 482 cm³/mol. The molecule has 0 unspecified atom stereocenters. The van der Waals surface area contributed by atoms with Crippen LogP contribution in [0.4, 0.5) is 13.2 Å². The zero-order chi connectivity index (χ0) is 96.0. The summed E-state index contributed by atoms with van der Waals surface area (Å²) in [6.45, 7) is 6.96. The van der Waals surface area contributed by atoms with Crippen molar-refractivity contribution in [3.8, 4) is 5.75 Å². The lowest BCUT2D eigenvalue weighted by Crippen LogP contribution is -2.59. The number of thioether (sulfide) groups is 1. The van der Waals surface area contributed by atoms with Crippen LogP contribution in [0.25, 0.3) is 10.9 Å². The van der Waals surface area contributed by atoms with Crippen LogP contribution < -0.4 is 37.6 Å². The number of ketones is 3. The van der Waals surface area contributed by atoms with Crippen molar-refractivity contribution >= 4 is 117 Å². The fourth-order valence-electron chi connectivity index (χ4n) is 15.6. The number of aromatic hydroxyl groups is 1. The van der Waals surface area contributed by atoms with Crippen LogP contribution in [-0.4, -0.2) is 253 Å². The first kappa shape index (κ1) is 103. The molecule has 0 saturated carbocycles. The lowest BCUT2D eigenvalue weighted by molar-refractivity contribution is -0.151. The Morgan fingerprint density at radius 2 is 1.07 bits per heavy atom. The summed E-state index contributed by atoms with van der Waals surface area (Å²) < 4.78 is 44.9. The van der Waals surface area contributed by atoms with Gasteiger partial charge in [0.1, 0.15) is 59.9 Å². The number of aliphatic carboxylic acids is 1. The number of aromatic nitrogens is 2. The van der Waals surface area contributed by atoms with Crippen molar-refractivity contribution in [3.05, 3.63) is 203 Å². The molecule has 3 heterocycles. The number of Topliss-reactive ketones (excluding diaryl/α,β-unsaturated/α-hetero) is 3. The molecule has 0 bridgehead atoms. The zero-order valence-electron chi connectivity index (χ0n) is 75.1. The summed E-state index contributed by atoms with van der Waals surface area (Å²) in [5.41, 5.74) is 8.12. The van der Waals surface area contributed by atoms with E-state index in [1.54, 1.807) is 138 Å². The average molecular weight is 1830 g/mol. The molecule has 1 fully saturated rings. The van der Waals surface area contributed by atoms with Crippen LogP contribution in [0.3, 0.4) is 0 Å². The summed E-state index contributed by atoms with van der Waals surface area (Å²) in [6.07, 6.45) is -0.275. The monoisotopic (exact) mass is 1830 g/mol. The number of halogens is 3. The summed E-state index contributed by atoms with van der Waals surface area (Å²) in [5, 5.41) is 37.6. The number of primary amides is 1. The maximum absolute atomic E-state index is 15.5. The van der Waals surface area contributed by atoms with Gasteiger partial charge in [0.15, 0.2) is 29.0 Å². The number of nitrogens with one attached hydrogen (secondary N) is 7. The molecule has 36 heteroatoms. The number of hydrogen-bond donors (Lipinski definition) is 10. The molecule has 702 valence electrons. The van der Waals surface area contributed by atoms with Gasteiger partial charge in [0.25, 0.3) is 0 Å². The Morgan fingerprint density at radius 3 is 1.67 bits per heavy atom. The third-order valence-corrected chi connectivity index (χ3v) is 24.0. The van der Waals surface area contributed by atoms with Crippen LogP contribution >= 0.6 is 11.8 Å². The first-order chi connectivity index (χ1) is 62.2. The van der Waals surface area contributed by atoms with E-state index in [1.807, 2.05) is 0 Å². The molecule has 5 aromatic carbocycles. The third-order valence-electron chi connectivity index (χ3n) is 23.0. The molecule has 0 spiro atoms. The lowest BCUT2D eigenvalue weighted by atomic mass is 9.83. The Hall–Kier alpha value is -13.2. The second-order valence-electron chi connectivity index (χ2n) is 34.0. The standard InChI is InChI=1S/C95H117F3N14O18S/c1-11-12-29-77-94(129)108(6)51-65(114)45-62(47-85(120)121)81(116)48-67(56(4)5)91(126)111(9)78(43-57-22-15-13-16-23-57)90(125)106-74(40-59-30-32-64(113)33-31-59)92(127)109(7)52-83(118)102-73(46-63-50-101-70-28-20-19-27-66(63)70)89(124)105-72(41-60-26-21-36-100-49-60)88(123)104-71(37-55(2)3)87(122)107-76(80(115)34-35-82(99)117)53-131-54-84(119)103-75(42-61-38-68(96)86(98)69(97)39-61)93(128)112(10)79(95(130)110(77)8)44-58-24-17-14-18-25-58/h13-28,30-33,36,38-39,49-50,55-56,62,67,71-79,101,113H,11-12,29,34-35,37,40-48,51-54H2,1-10H3,(H2,99,117)(H,102,118)(H,103,119)(H,104,123)(H,105,124)(H,106,125)(H,107,122)(H,120,121)/t62-,67-,71-,72-,73-,74-,75-,76-,77-,78-,79-/m0/s1. The largest absolute Gasteiger partial charge is 0.508 e. The number of fused-ring (bicyclic) bond motifs is 1. The number of phenolic OH excluding ortho intramolecular Hbond substituents is 1. The number of unbranched alkanes of at least 4 members (excludes halogenated alkanes) is 1. The van der Waals surface area contributed by atoms with Crippen LogP contribution in [0.5, 0.6) is 5.75 Å². The third kappa shape index (κ3) is 30.8. The van der Waals surface area contributed by atoms with Gasteiger partial charge in [0.2, 0.25) is 70.9 Å². The zero-order valence-corrected chi connectivity index (χ0v) is 75.9. The van der Waals surface area contributed by atoms with Gasteiger partial charge in [-0.15, -0.1) is 11.8 Å². The number of hydrogen-bond acceptors (Lipinski definition) is 19. The number of benzene rings is 5. The van der Waals surface area contributed by atoms with Gasteiger partial charge >= 0.3 is 5.97 Å². The molecule has 11 atom stereocenters. The van der Waals surface area contributed by atoms with E-state index < -0.39 is 247 Å². The van der Waals surface area contributed by atoms with Crippen LogP contribution in [0.15, 0.2) is 152 Å². The highest BCUT2D eigenvalue weighted by molar-refractivity contribution is 8.00. The lowest BCUT2D eigenvalue weighted by Gasteiger charge is -2.37. The van der Waals surface area contributed by atoms with Crippen molar-refractivity contribution in [2.75, 3.05) is 59.8 Å². The molecule has 2 aromatic heterocycles. The fraction of sp³-hybridized carbons (Fsp3) is 0.442. The van der Waals surface area contributed by atoms with Crippen molar-refractivity contribution in [1.82, 2.24) is 66.4 Å². The number of aromatic amines is 1. The molecule has 0 aliphatic carbocycles. The number of rotatable bonds is 24. The van der Waals surface area contributed by atoms with Crippen molar-refractivity contribution in [2.45, 2.75) is 185 Å². The van der Waals surface area contributed by atoms with E-state index in [0.717, 1.165) is 36.3 Å². The van der Waals surface area contributed by atoms with E-state index in [2.05, 4.69) is 41.9 Å². The Morgan fingerprint density at radius 1 is 0.534 bits per heavy atom. The first-order valence-electron chi connectivity index (χ1n) is 43.4. The molecule has 1 saturated heterocycles. The van der Waals surface area contributed by atoms with Crippen LogP contribution in [0, 0.1) is 41.1 Å². The minimum absolute atomic E-state index is 0.0349. The van der Waals surface area contributed by atoms with Gasteiger partial charge in [-0.05, 0) is 94.5 Å². The Balaban J connectivity index is 1.22. The molecule has 1 aliphatic heterocycles. The molecule has 1 aliphatic rings. The summed E-state index contributed by atoms with van der Waals surface area (Å²) in [5.74, 6) is -25.2. The van der Waals surface area contributed by atoms with E-state index in [0.29, 0.717) is 63.7 Å². The van der Waals surface area contributed by atoms with Gasteiger partial charge in [0, 0.05) is 147 Å². The molecule has 12 amide bonds. The van der Waals surface area contributed by atoms with Gasteiger partial charge in [-0.2, -0.15) is 0 Å². The number of carbonyl (C=O) groups excluding carboxylic acids is 15. The smallest absolute Gasteiger partial charge is 0.304 e. The fourth-order valence-corrected chi connectivity index (χ4v) is 16.5. The van der Waals surface area contributed by atoms with Gasteiger partial charge in [-0.3, -0.25) is 81.7 Å². The molecule has 0 radical (unpaired) electrons. The predicted octanol–water partition coefficient (Wildman–Crippen LogP) is 5.85. The van der Waals surface area contributed by atoms with Gasteiger partial charge in [0.05, 0.1) is 31.3 Å². The van der Waals surface area contributed by atoms with Crippen molar-refractivity contribution in [1.29, 1.82) is 0 Å². The number of carboxylic acid groups (broad SMARTS) is 1. The van der Waals surface area contributed by atoms with Crippen molar-refractivity contribution in [2.24, 2.45) is 29.4 Å². The van der Waals surface area contributed by atoms with E-state index in [4.69, 9.17) is 5.73 Å². The van der Waals surface area contributed by atoms with Crippen molar-refractivity contribution in [3.63, 3.8) is 0 Å². The number of para-hydroxylation sites is 1. The van der Waals surface area contributed by atoms with Crippen LogP contribution in [0.2, 0.25) is 0 Å². The summed E-state index contributed by atoms with van der Waals surface area (Å²) in [6, 6.07) is 19.8. The highest BCUT2D eigenvalue weighted by atomic mass is 32.2. The number of carbonyl (C=O) groups is 16. The van der Waals surface area contributed by atoms with Crippen LogP contribution in [-0.2, 0) is 115 Å². The SMILES string of the molecule is CCCC[C@H]1C(=O)N(C)CC(=O)C[C@@H](CC(=O)O)C(=O)C[C@@H](C(C)C)C(=O)N(C)[C@@H](Cc2ccccc2)C(=O)N[C@@H](Cc2ccc(O)cc2)C(=O)N(C)CC(=O)N[C@@H](Cc2c[nH]c3ccccc23)C(=O)N[C@@H](Cc2cccnc2)C(=O)N[C@@H](CC(C)C)C(=O)N[C@H](C(=O)CCC(N)=O)CSCC(=O)N[C@@H](Cc2cc(F)c(F)c(F)c2)C(=O)N(C)[C@@H](Cc2ccccc2)C(=O)N1C. The van der Waals surface area contributed by atoms with Gasteiger partial charge < -0.3 is 77.3 Å². The summed E-state index contributed by atoms with van der Waals surface area (Å²) in [4.78, 5) is 248. The van der Waals surface area contributed by atoms with Crippen molar-refractivity contribution < 1.29 is 100 Å². The number of nitrogens with two attached hydrogens (primary N) is 1. The second kappa shape index (κ2) is 49.6. The molecule has 32 nitrogen and oxygen atoms in total. The maximum Gasteiger partial charge on any atom is 0.304 e. The summed E-state index contributed by atoms with van der Waals surface area (Å²) >= 11 is 0.724. The van der Waals surface area contributed by atoms with E-state index in [-0.39, 0.29) is 62.2 Å².